The number of aromatic nitrogens is 1. The standard InChI is InChI=1S/C20H26N2O2S/c1-2-24-20(23)17(16-5-3-4-6-21-16)19(25)22-18-14-8-12-7-13(10-14)11-15(18)9-12/h3-6,12-15,17-18H,2,7-11H2,1H3,(H,22,25). The summed E-state index contributed by atoms with van der Waals surface area (Å²) in [6, 6.07) is 6.01. The lowest BCUT2D eigenvalue weighted by atomic mass is 9.54. The van der Waals surface area contributed by atoms with Crippen LogP contribution in [0, 0.1) is 23.7 Å². The van der Waals surface area contributed by atoms with E-state index < -0.39 is 5.92 Å². The molecular formula is C20H26N2O2S. The third kappa shape index (κ3) is 3.31. The van der Waals surface area contributed by atoms with E-state index in [1.807, 2.05) is 25.1 Å². The predicted octanol–water partition coefficient (Wildman–Crippen LogP) is 3.47. The minimum Gasteiger partial charge on any atom is -0.465 e. The lowest BCUT2D eigenvalue weighted by Crippen LogP contribution is -2.56. The molecule has 1 aromatic rings. The van der Waals surface area contributed by atoms with E-state index in [1.165, 1.54) is 32.1 Å². The smallest absolute Gasteiger partial charge is 0.321 e. The van der Waals surface area contributed by atoms with E-state index in [-0.39, 0.29) is 5.97 Å². The Hall–Kier alpha value is -1.49. The molecule has 5 rings (SSSR count). The highest BCUT2D eigenvalue weighted by molar-refractivity contribution is 7.80. The summed E-state index contributed by atoms with van der Waals surface area (Å²) in [7, 11) is 0. The van der Waals surface area contributed by atoms with Crippen LogP contribution in [0.3, 0.4) is 0 Å². The molecule has 0 aliphatic heterocycles. The molecule has 1 N–H and O–H groups in total. The average Bonchev–Trinajstić information content (AvgIpc) is 2.59. The molecule has 4 nitrogen and oxygen atoms in total. The summed E-state index contributed by atoms with van der Waals surface area (Å²) in [6.07, 6.45) is 8.42. The highest BCUT2D eigenvalue weighted by atomic mass is 32.1. The molecule has 0 radical (unpaired) electrons. The lowest BCUT2D eigenvalue weighted by molar-refractivity contribution is -0.143. The molecule has 4 aliphatic carbocycles. The van der Waals surface area contributed by atoms with Crippen LogP contribution in [0.2, 0.25) is 0 Å². The number of esters is 1. The molecule has 0 saturated heterocycles. The summed E-state index contributed by atoms with van der Waals surface area (Å²) < 4.78 is 5.28. The Bertz CT molecular complexity index is 620. The van der Waals surface area contributed by atoms with E-state index in [0.717, 1.165) is 11.8 Å². The maximum absolute atomic E-state index is 12.5. The molecule has 4 fully saturated rings. The number of carbonyl (C=O) groups excluding carboxylic acids is 1. The van der Waals surface area contributed by atoms with E-state index in [0.29, 0.717) is 35.2 Å². The average molecular weight is 359 g/mol. The Morgan fingerprint density at radius 1 is 1.24 bits per heavy atom. The number of hydrogen-bond acceptors (Lipinski definition) is 4. The molecule has 1 unspecified atom stereocenters. The molecule has 5 heteroatoms. The van der Waals surface area contributed by atoms with Crippen molar-refractivity contribution in [2.24, 2.45) is 23.7 Å². The molecule has 25 heavy (non-hydrogen) atoms. The van der Waals surface area contributed by atoms with E-state index >= 15 is 0 Å². The molecule has 1 atom stereocenters. The zero-order valence-corrected chi connectivity index (χ0v) is 15.5. The first-order valence-electron chi connectivity index (χ1n) is 9.53. The number of nitrogens with one attached hydrogen (secondary N) is 1. The first-order chi connectivity index (χ1) is 12.2. The van der Waals surface area contributed by atoms with Crippen molar-refractivity contribution in [2.45, 2.75) is 51.0 Å². The van der Waals surface area contributed by atoms with Crippen molar-refractivity contribution < 1.29 is 9.53 Å². The van der Waals surface area contributed by atoms with Gasteiger partial charge in [-0.1, -0.05) is 18.3 Å². The number of rotatable bonds is 5. The monoisotopic (exact) mass is 358 g/mol. The van der Waals surface area contributed by atoms with Crippen LogP contribution in [0.1, 0.15) is 50.6 Å². The summed E-state index contributed by atoms with van der Waals surface area (Å²) >= 11 is 5.70. The summed E-state index contributed by atoms with van der Waals surface area (Å²) in [4.78, 5) is 17.5. The van der Waals surface area contributed by atoms with Gasteiger partial charge in [-0.2, -0.15) is 0 Å². The topological polar surface area (TPSA) is 51.2 Å². The number of carbonyl (C=O) groups is 1. The minimum absolute atomic E-state index is 0.303. The number of thiocarbonyl (C=S) groups is 1. The van der Waals surface area contributed by atoms with Gasteiger partial charge in [-0.25, -0.2) is 0 Å². The third-order valence-electron chi connectivity index (χ3n) is 6.30. The summed E-state index contributed by atoms with van der Waals surface area (Å²) in [6.45, 7) is 2.17. The molecule has 0 amide bonds. The van der Waals surface area contributed by atoms with Crippen LogP contribution in [0.25, 0.3) is 0 Å². The fraction of sp³-hybridized carbons (Fsp3) is 0.650. The van der Waals surface area contributed by atoms with Crippen molar-refractivity contribution in [1.82, 2.24) is 10.3 Å². The van der Waals surface area contributed by atoms with Gasteiger partial charge in [-0.3, -0.25) is 9.78 Å². The van der Waals surface area contributed by atoms with Crippen molar-refractivity contribution in [3.05, 3.63) is 30.1 Å². The first-order valence-corrected chi connectivity index (χ1v) is 9.94. The van der Waals surface area contributed by atoms with Crippen molar-refractivity contribution >= 4 is 23.2 Å². The SMILES string of the molecule is CCOC(=O)C(C(=S)NC1C2CC3CC(C2)CC1C3)c1ccccn1. The van der Waals surface area contributed by atoms with E-state index in [2.05, 4.69) is 10.3 Å². The summed E-state index contributed by atoms with van der Waals surface area (Å²) in [5.74, 6) is 2.36. The summed E-state index contributed by atoms with van der Waals surface area (Å²) in [5, 5.41) is 3.59. The van der Waals surface area contributed by atoms with Gasteiger partial charge < -0.3 is 10.1 Å². The van der Waals surface area contributed by atoms with Crippen molar-refractivity contribution in [3.8, 4) is 0 Å². The van der Waals surface area contributed by atoms with E-state index in [4.69, 9.17) is 17.0 Å². The molecule has 0 spiro atoms. The van der Waals surface area contributed by atoms with Crippen LogP contribution in [0.4, 0.5) is 0 Å². The molecular weight excluding hydrogens is 332 g/mol. The van der Waals surface area contributed by atoms with Crippen LogP contribution < -0.4 is 5.32 Å². The second kappa shape index (κ2) is 7.02. The maximum Gasteiger partial charge on any atom is 0.321 e. The lowest BCUT2D eigenvalue weighted by Gasteiger charge is -2.54. The van der Waals surface area contributed by atoms with E-state index in [1.54, 1.807) is 6.20 Å². The molecule has 4 aliphatic rings. The van der Waals surface area contributed by atoms with Crippen LogP contribution in [-0.4, -0.2) is 28.6 Å². The van der Waals surface area contributed by atoms with Crippen LogP contribution >= 0.6 is 12.2 Å². The fourth-order valence-corrected chi connectivity index (χ4v) is 5.90. The van der Waals surface area contributed by atoms with Crippen LogP contribution in [-0.2, 0) is 9.53 Å². The quantitative estimate of drug-likeness (QED) is 0.645. The second-order valence-corrected chi connectivity index (χ2v) is 8.34. The first kappa shape index (κ1) is 17.0. The Kier molecular flexibility index (Phi) is 4.76. The van der Waals surface area contributed by atoms with Gasteiger partial charge in [0.2, 0.25) is 0 Å². The zero-order chi connectivity index (χ0) is 17.4. The molecule has 0 aromatic carbocycles. The third-order valence-corrected chi connectivity index (χ3v) is 6.66. The van der Waals surface area contributed by atoms with Gasteiger partial charge in [0.25, 0.3) is 0 Å². The Morgan fingerprint density at radius 3 is 2.48 bits per heavy atom. The zero-order valence-electron chi connectivity index (χ0n) is 14.7. The van der Waals surface area contributed by atoms with Gasteiger partial charge in [-0.05, 0) is 74.8 Å². The van der Waals surface area contributed by atoms with Crippen LogP contribution in [0.5, 0.6) is 0 Å². The van der Waals surface area contributed by atoms with E-state index in [9.17, 15) is 4.79 Å². The molecule has 1 heterocycles. The molecule has 1 aromatic heterocycles. The largest absolute Gasteiger partial charge is 0.465 e. The Labute approximate surface area is 154 Å². The normalized spacial score (nSPS) is 33.7. The number of hydrogen-bond donors (Lipinski definition) is 1. The molecule has 4 bridgehead atoms. The van der Waals surface area contributed by atoms with Gasteiger partial charge in [-0.15, -0.1) is 0 Å². The van der Waals surface area contributed by atoms with Crippen molar-refractivity contribution in [1.29, 1.82) is 0 Å². The Morgan fingerprint density at radius 2 is 1.92 bits per heavy atom. The second-order valence-electron chi connectivity index (χ2n) is 7.90. The maximum atomic E-state index is 12.5. The molecule has 134 valence electrons. The van der Waals surface area contributed by atoms with Gasteiger partial charge in [0.1, 0.15) is 5.92 Å². The van der Waals surface area contributed by atoms with Gasteiger partial charge in [0.15, 0.2) is 0 Å². The predicted molar refractivity (Wildman–Crippen MR) is 100 cm³/mol. The summed E-state index contributed by atoms with van der Waals surface area (Å²) in [5.41, 5.74) is 0.669. The number of ether oxygens (including phenoxy) is 1. The van der Waals surface area contributed by atoms with Gasteiger partial charge >= 0.3 is 5.97 Å². The van der Waals surface area contributed by atoms with Crippen molar-refractivity contribution in [3.63, 3.8) is 0 Å². The number of nitrogens with zero attached hydrogens (tertiary/aromatic N) is 1. The van der Waals surface area contributed by atoms with Gasteiger partial charge in [0, 0.05) is 12.2 Å². The van der Waals surface area contributed by atoms with Crippen molar-refractivity contribution in [2.75, 3.05) is 6.61 Å². The minimum atomic E-state index is -0.603. The number of pyridine rings is 1. The van der Waals surface area contributed by atoms with Gasteiger partial charge in [0.05, 0.1) is 17.3 Å². The van der Waals surface area contributed by atoms with Crippen LogP contribution in [0.15, 0.2) is 24.4 Å². The fourth-order valence-electron chi connectivity index (χ4n) is 5.54. The Balaban J connectivity index is 1.52. The molecule has 4 saturated carbocycles. The highest BCUT2D eigenvalue weighted by Crippen LogP contribution is 2.53. The highest BCUT2D eigenvalue weighted by Gasteiger charge is 2.48.